The van der Waals surface area contributed by atoms with Gasteiger partial charge in [0.15, 0.2) is 0 Å². The minimum atomic E-state index is -0.493. The first-order valence-electron chi connectivity index (χ1n) is 5.96. The van der Waals surface area contributed by atoms with Gasteiger partial charge in [-0.3, -0.25) is 10.1 Å². The minimum absolute atomic E-state index is 0.0845. The lowest BCUT2D eigenvalue weighted by Crippen LogP contribution is -1.98. The van der Waals surface area contributed by atoms with E-state index in [9.17, 15) is 10.1 Å². The van der Waals surface area contributed by atoms with Gasteiger partial charge in [-0.25, -0.2) is 0 Å². The van der Waals surface area contributed by atoms with Crippen LogP contribution in [-0.2, 0) is 0 Å². The lowest BCUT2D eigenvalue weighted by molar-refractivity contribution is -0.383. The number of hydrogen-bond acceptors (Lipinski definition) is 4. The van der Waals surface area contributed by atoms with Crippen LogP contribution in [0.2, 0.25) is 0 Å². The molecule has 20 heavy (non-hydrogen) atoms. The second-order valence-corrected chi connectivity index (χ2v) is 5.37. The zero-order valence-electron chi connectivity index (χ0n) is 11.1. The van der Waals surface area contributed by atoms with Crippen LogP contribution in [0.15, 0.2) is 34.8 Å². The van der Waals surface area contributed by atoms with Gasteiger partial charge in [-0.15, -0.1) is 0 Å². The van der Waals surface area contributed by atoms with Crippen molar-refractivity contribution in [1.82, 2.24) is 0 Å². The van der Waals surface area contributed by atoms with Crippen molar-refractivity contribution in [2.45, 2.75) is 13.8 Å². The predicted molar refractivity (Wildman–Crippen MR) is 84.4 cm³/mol. The zero-order chi connectivity index (χ0) is 14.9. The summed E-state index contributed by atoms with van der Waals surface area (Å²) in [6.07, 6.45) is 0. The zero-order valence-corrected chi connectivity index (χ0v) is 12.7. The van der Waals surface area contributed by atoms with Gasteiger partial charge in [-0.2, -0.15) is 0 Å². The van der Waals surface area contributed by atoms with Gasteiger partial charge in [0.1, 0.15) is 5.69 Å². The van der Waals surface area contributed by atoms with E-state index >= 15 is 0 Å². The summed E-state index contributed by atoms with van der Waals surface area (Å²) in [4.78, 5) is 10.2. The van der Waals surface area contributed by atoms with Gasteiger partial charge in [-0.1, -0.05) is 15.9 Å². The van der Waals surface area contributed by atoms with Crippen molar-refractivity contribution in [3.8, 4) is 0 Å². The monoisotopic (exact) mass is 335 g/mol. The summed E-state index contributed by atoms with van der Waals surface area (Å²) in [5, 5.41) is 13.9. The summed E-state index contributed by atoms with van der Waals surface area (Å²) < 4.78 is 1.08. The SMILES string of the molecule is Cc1cc(Nc2ccc([N+](=O)[O-])c(N)c2)cc(C)c1Br. The van der Waals surface area contributed by atoms with E-state index in [1.54, 1.807) is 12.1 Å². The third-order valence-electron chi connectivity index (χ3n) is 2.95. The fraction of sp³-hybridized carbons (Fsp3) is 0.143. The summed E-state index contributed by atoms with van der Waals surface area (Å²) in [7, 11) is 0. The highest BCUT2D eigenvalue weighted by Crippen LogP contribution is 2.29. The van der Waals surface area contributed by atoms with E-state index in [-0.39, 0.29) is 11.4 Å². The number of hydrogen-bond donors (Lipinski definition) is 2. The first-order valence-corrected chi connectivity index (χ1v) is 6.75. The Bertz CT molecular complexity index is 663. The number of rotatable bonds is 3. The molecule has 2 aromatic rings. The standard InChI is InChI=1S/C14H14BrN3O2/c1-8-5-11(6-9(2)14(8)15)17-10-3-4-13(18(19)20)12(16)7-10/h3-7,17H,16H2,1-2H3. The number of halogens is 1. The molecule has 0 radical (unpaired) electrons. The molecule has 0 fully saturated rings. The summed E-state index contributed by atoms with van der Waals surface area (Å²) >= 11 is 3.51. The Balaban J connectivity index is 2.31. The third-order valence-corrected chi connectivity index (χ3v) is 4.20. The molecule has 0 aliphatic rings. The second kappa shape index (κ2) is 5.50. The molecule has 0 unspecified atom stereocenters. The molecule has 0 aliphatic carbocycles. The van der Waals surface area contributed by atoms with Crippen molar-refractivity contribution >= 4 is 38.7 Å². The average molecular weight is 336 g/mol. The number of nitrogens with zero attached hydrogens (tertiary/aromatic N) is 1. The van der Waals surface area contributed by atoms with Gasteiger partial charge in [0.05, 0.1) is 4.92 Å². The van der Waals surface area contributed by atoms with E-state index in [1.165, 1.54) is 6.07 Å². The molecule has 0 bridgehead atoms. The number of nitrogen functional groups attached to an aromatic ring is 1. The normalized spacial score (nSPS) is 10.3. The maximum Gasteiger partial charge on any atom is 0.292 e. The van der Waals surface area contributed by atoms with E-state index in [1.807, 2.05) is 26.0 Å². The fourth-order valence-corrected chi connectivity index (χ4v) is 2.21. The molecule has 5 nitrogen and oxygen atoms in total. The number of nitro benzene ring substituents is 1. The van der Waals surface area contributed by atoms with Crippen LogP contribution in [-0.4, -0.2) is 4.92 Å². The van der Waals surface area contributed by atoms with Crippen LogP contribution < -0.4 is 11.1 Å². The third kappa shape index (κ3) is 2.91. The molecule has 0 aromatic heterocycles. The first-order chi connectivity index (χ1) is 9.38. The highest BCUT2D eigenvalue weighted by Gasteiger charge is 2.11. The Labute approximate surface area is 125 Å². The molecule has 2 aromatic carbocycles. The van der Waals surface area contributed by atoms with Crippen LogP contribution >= 0.6 is 15.9 Å². The topological polar surface area (TPSA) is 81.2 Å². The maximum atomic E-state index is 10.7. The van der Waals surface area contributed by atoms with Gasteiger partial charge in [0.25, 0.3) is 5.69 Å². The number of nitrogens with one attached hydrogen (secondary N) is 1. The number of nitrogens with two attached hydrogens (primary N) is 1. The molecule has 104 valence electrons. The van der Waals surface area contributed by atoms with Crippen molar-refractivity contribution in [3.63, 3.8) is 0 Å². The predicted octanol–water partition coefficient (Wildman–Crippen LogP) is 4.30. The molecular weight excluding hydrogens is 322 g/mol. The molecule has 3 N–H and O–H groups in total. The molecule has 0 atom stereocenters. The van der Waals surface area contributed by atoms with Crippen LogP contribution in [0.4, 0.5) is 22.7 Å². The fourth-order valence-electron chi connectivity index (χ4n) is 1.98. The minimum Gasteiger partial charge on any atom is -0.393 e. The lowest BCUT2D eigenvalue weighted by Gasteiger charge is -2.11. The van der Waals surface area contributed by atoms with Crippen LogP contribution in [0, 0.1) is 24.0 Å². The quantitative estimate of drug-likeness (QED) is 0.497. The van der Waals surface area contributed by atoms with Gasteiger partial charge >= 0.3 is 0 Å². The first kappa shape index (κ1) is 14.3. The molecule has 0 aliphatic heterocycles. The molecule has 2 rings (SSSR count). The molecule has 0 amide bonds. The molecular formula is C14H14BrN3O2. The largest absolute Gasteiger partial charge is 0.393 e. The summed E-state index contributed by atoms with van der Waals surface area (Å²) in [5.41, 5.74) is 9.59. The van der Waals surface area contributed by atoms with Gasteiger partial charge in [0.2, 0.25) is 0 Å². The van der Waals surface area contributed by atoms with Gasteiger partial charge in [0, 0.05) is 21.9 Å². The Hall–Kier alpha value is -2.08. The van der Waals surface area contributed by atoms with E-state index in [0.29, 0.717) is 5.69 Å². The summed E-state index contributed by atoms with van der Waals surface area (Å²) in [5.74, 6) is 0. The molecule has 0 saturated carbocycles. The maximum absolute atomic E-state index is 10.7. The smallest absolute Gasteiger partial charge is 0.292 e. The van der Waals surface area contributed by atoms with Gasteiger partial charge in [-0.05, 0) is 49.2 Å². The Morgan fingerprint density at radius 3 is 2.25 bits per heavy atom. The molecule has 6 heteroatoms. The van der Waals surface area contributed by atoms with Crippen LogP contribution in [0.3, 0.4) is 0 Å². The van der Waals surface area contributed by atoms with Crippen LogP contribution in [0.25, 0.3) is 0 Å². The van der Waals surface area contributed by atoms with E-state index < -0.39 is 4.92 Å². The van der Waals surface area contributed by atoms with Crippen molar-refractivity contribution < 1.29 is 4.92 Å². The van der Waals surface area contributed by atoms with E-state index in [0.717, 1.165) is 21.3 Å². The highest BCUT2D eigenvalue weighted by molar-refractivity contribution is 9.10. The van der Waals surface area contributed by atoms with Crippen molar-refractivity contribution in [2.24, 2.45) is 0 Å². The Kier molecular flexibility index (Phi) is 3.94. The van der Waals surface area contributed by atoms with Crippen molar-refractivity contribution in [3.05, 3.63) is 56.0 Å². The number of aryl methyl sites for hydroxylation is 2. The molecule has 0 spiro atoms. The molecule has 0 heterocycles. The number of anilines is 3. The molecule has 0 saturated heterocycles. The van der Waals surface area contributed by atoms with E-state index in [4.69, 9.17) is 5.73 Å². The summed E-state index contributed by atoms with van der Waals surface area (Å²) in [6.45, 7) is 4.01. The number of benzene rings is 2. The Morgan fingerprint density at radius 2 is 1.75 bits per heavy atom. The van der Waals surface area contributed by atoms with Crippen LogP contribution in [0.5, 0.6) is 0 Å². The highest BCUT2D eigenvalue weighted by atomic mass is 79.9. The second-order valence-electron chi connectivity index (χ2n) is 4.58. The lowest BCUT2D eigenvalue weighted by atomic mass is 10.1. The van der Waals surface area contributed by atoms with Gasteiger partial charge < -0.3 is 11.1 Å². The average Bonchev–Trinajstić information content (AvgIpc) is 2.35. The van der Waals surface area contributed by atoms with Crippen molar-refractivity contribution in [2.75, 3.05) is 11.1 Å². The van der Waals surface area contributed by atoms with Crippen molar-refractivity contribution in [1.29, 1.82) is 0 Å². The Morgan fingerprint density at radius 1 is 1.15 bits per heavy atom. The number of nitro groups is 1. The summed E-state index contributed by atoms with van der Waals surface area (Å²) in [6, 6.07) is 8.59. The van der Waals surface area contributed by atoms with Crippen LogP contribution in [0.1, 0.15) is 11.1 Å². The van der Waals surface area contributed by atoms with E-state index in [2.05, 4.69) is 21.2 Å².